The van der Waals surface area contributed by atoms with E-state index in [1.807, 2.05) is 0 Å². The maximum absolute atomic E-state index is 11.0. The largest absolute Gasteiger partial charge is 0.481 e. The van der Waals surface area contributed by atoms with Gasteiger partial charge >= 0.3 is 5.97 Å². The fourth-order valence-corrected chi connectivity index (χ4v) is 3.14. The van der Waals surface area contributed by atoms with Gasteiger partial charge in [0.2, 0.25) is 0 Å². The minimum atomic E-state index is -0.679. The van der Waals surface area contributed by atoms with Crippen LogP contribution in [-0.4, -0.2) is 11.1 Å². The zero-order valence-electron chi connectivity index (χ0n) is 13.2. The molecule has 0 saturated heterocycles. The summed E-state index contributed by atoms with van der Waals surface area (Å²) in [5.41, 5.74) is 1.15. The van der Waals surface area contributed by atoms with E-state index in [0.29, 0.717) is 5.92 Å². The summed E-state index contributed by atoms with van der Waals surface area (Å²) in [6, 6.07) is 0. The predicted molar refractivity (Wildman–Crippen MR) is 84.9 cm³/mol. The first-order valence-electron chi connectivity index (χ1n) is 8.60. The highest BCUT2D eigenvalue weighted by Gasteiger charge is 2.07. The van der Waals surface area contributed by atoms with E-state index in [0.717, 1.165) is 18.4 Å². The van der Waals surface area contributed by atoms with Gasteiger partial charge in [-0.25, -0.2) is 0 Å². The lowest BCUT2D eigenvalue weighted by molar-refractivity contribution is -0.136. The molecule has 0 aromatic rings. The van der Waals surface area contributed by atoms with E-state index in [9.17, 15) is 4.79 Å². The lowest BCUT2D eigenvalue weighted by atomic mass is 9.96. The molecule has 0 heterocycles. The second kappa shape index (κ2) is 10.9. The monoisotopic (exact) mass is 280 g/mol. The number of hydrogen-bond donors (Lipinski definition) is 1. The molecule has 0 aliphatic heterocycles. The van der Waals surface area contributed by atoms with E-state index in [1.54, 1.807) is 0 Å². The van der Waals surface area contributed by atoms with Crippen LogP contribution in [0.15, 0.2) is 11.6 Å². The van der Waals surface area contributed by atoms with Crippen molar-refractivity contribution in [3.05, 3.63) is 11.6 Å². The molecule has 0 bridgehead atoms. The molecule has 1 aliphatic carbocycles. The summed E-state index contributed by atoms with van der Waals surface area (Å²) in [6.07, 6.45) is 17.9. The molecule has 0 amide bonds. The number of carboxylic acids is 1. The van der Waals surface area contributed by atoms with Crippen molar-refractivity contribution >= 4 is 5.97 Å². The molecular formula is C18H32O2. The van der Waals surface area contributed by atoms with Crippen LogP contribution in [0, 0.1) is 5.92 Å². The average molecular weight is 280 g/mol. The normalized spacial score (nSPS) is 24.2. The summed E-state index contributed by atoms with van der Waals surface area (Å²) in [5, 5.41) is 9.02. The fourth-order valence-electron chi connectivity index (χ4n) is 3.14. The van der Waals surface area contributed by atoms with Gasteiger partial charge in [-0.1, -0.05) is 76.4 Å². The van der Waals surface area contributed by atoms with E-state index < -0.39 is 5.97 Å². The molecule has 0 aromatic carbocycles. The Morgan fingerprint density at radius 3 is 2.05 bits per heavy atom. The minimum absolute atomic E-state index is 0.240. The number of rotatable bonds is 2. The molecule has 1 unspecified atom stereocenters. The molecule has 1 N–H and O–H groups in total. The lowest BCUT2D eigenvalue weighted by Crippen LogP contribution is -2.01. The van der Waals surface area contributed by atoms with Crippen molar-refractivity contribution in [2.75, 3.05) is 0 Å². The van der Waals surface area contributed by atoms with Crippen LogP contribution >= 0.6 is 0 Å². The third kappa shape index (κ3) is 9.17. The van der Waals surface area contributed by atoms with Gasteiger partial charge in [0.25, 0.3) is 0 Å². The van der Waals surface area contributed by atoms with Gasteiger partial charge in [-0.3, -0.25) is 4.79 Å². The average Bonchev–Trinajstić information content (AvgIpc) is 2.39. The van der Waals surface area contributed by atoms with Gasteiger partial charge in [0.15, 0.2) is 0 Å². The van der Waals surface area contributed by atoms with E-state index in [1.165, 1.54) is 64.2 Å². The molecule has 20 heavy (non-hydrogen) atoms. The van der Waals surface area contributed by atoms with Crippen molar-refractivity contribution in [3.8, 4) is 0 Å². The first-order valence-corrected chi connectivity index (χ1v) is 8.60. The minimum Gasteiger partial charge on any atom is -0.481 e. The Morgan fingerprint density at radius 2 is 1.50 bits per heavy atom. The van der Waals surface area contributed by atoms with Crippen LogP contribution in [0.4, 0.5) is 0 Å². The number of carbonyl (C=O) groups is 1. The first kappa shape index (κ1) is 17.3. The van der Waals surface area contributed by atoms with Crippen molar-refractivity contribution < 1.29 is 9.90 Å². The first-order chi connectivity index (χ1) is 9.68. The quantitative estimate of drug-likeness (QED) is 0.657. The Kier molecular flexibility index (Phi) is 9.44. The smallest absolute Gasteiger partial charge is 0.307 e. The highest BCUT2D eigenvalue weighted by molar-refractivity contribution is 5.69. The Bertz CT molecular complexity index is 294. The molecule has 0 aromatic heterocycles. The molecule has 2 nitrogen and oxygen atoms in total. The molecule has 1 atom stereocenters. The molecule has 2 heteroatoms. The van der Waals surface area contributed by atoms with Crippen molar-refractivity contribution in [2.45, 2.75) is 90.4 Å². The van der Waals surface area contributed by atoms with Crippen LogP contribution < -0.4 is 0 Å². The third-order valence-electron chi connectivity index (χ3n) is 4.31. The van der Waals surface area contributed by atoms with Crippen LogP contribution in [0.25, 0.3) is 0 Å². The summed E-state index contributed by atoms with van der Waals surface area (Å²) >= 11 is 0. The second-order valence-corrected chi connectivity index (χ2v) is 6.45. The molecule has 0 radical (unpaired) electrons. The van der Waals surface area contributed by atoms with Crippen LogP contribution in [0.2, 0.25) is 0 Å². The number of aliphatic carboxylic acids is 1. The number of hydrogen-bond acceptors (Lipinski definition) is 1. The number of allylic oxidation sites excluding steroid dienone is 1. The van der Waals surface area contributed by atoms with Gasteiger partial charge in [-0.05, 0) is 25.2 Å². The van der Waals surface area contributed by atoms with Gasteiger partial charge in [0.1, 0.15) is 0 Å². The van der Waals surface area contributed by atoms with E-state index in [-0.39, 0.29) is 6.42 Å². The van der Waals surface area contributed by atoms with Gasteiger partial charge < -0.3 is 5.11 Å². The molecule has 0 fully saturated rings. The predicted octanol–water partition coefficient (Wildman–Crippen LogP) is 5.72. The molecule has 0 spiro atoms. The molecular weight excluding hydrogens is 248 g/mol. The van der Waals surface area contributed by atoms with E-state index in [4.69, 9.17) is 5.11 Å². The third-order valence-corrected chi connectivity index (χ3v) is 4.31. The second-order valence-electron chi connectivity index (χ2n) is 6.45. The topological polar surface area (TPSA) is 37.3 Å². The Hall–Kier alpha value is -0.790. The molecule has 0 saturated carbocycles. The van der Waals surface area contributed by atoms with Crippen molar-refractivity contribution in [1.29, 1.82) is 0 Å². The fraction of sp³-hybridized carbons (Fsp3) is 0.833. The zero-order chi connectivity index (χ0) is 14.6. The molecule has 1 aliphatic rings. The number of carboxylic acid groups (broad SMARTS) is 1. The van der Waals surface area contributed by atoms with Gasteiger partial charge in [0, 0.05) is 0 Å². The van der Waals surface area contributed by atoms with Crippen LogP contribution in [-0.2, 0) is 4.79 Å². The summed E-state index contributed by atoms with van der Waals surface area (Å²) in [5.74, 6) is -0.143. The maximum atomic E-state index is 11.0. The summed E-state index contributed by atoms with van der Waals surface area (Å²) in [7, 11) is 0. The van der Waals surface area contributed by atoms with Gasteiger partial charge in [0.05, 0.1) is 6.42 Å². The van der Waals surface area contributed by atoms with Gasteiger partial charge in [-0.15, -0.1) is 0 Å². The highest BCUT2D eigenvalue weighted by atomic mass is 16.4. The van der Waals surface area contributed by atoms with Crippen molar-refractivity contribution in [3.63, 3.8) is 0 Å². The Morgan fingerprint density at radius 1 is 1.00 bits per heavy atom. The maximum Gasteiger partial charge on any atom is 0.307 e. The summed E-state index contributed by atoms with van der Waals surface area (Å²) in [4.78, 5) is 11.0. The van der Waals surface area contributed by atoms with E-state index >= 15 is 0 Å². The highest BCUT2D eigenvalue weighted by Crippen LogP contribution is 2.21. The zero-order valence-corrected chi connectivity index (χ0v) is 13.2. The van der Waals surface area contributed by atoms with Gasteiger partial charge in [-0.2, -0.15) is 0 Å². The van der Waals surface area contributed by atoms with Crippen molar-refractivity contribution in [2.24, 2.45) is 5.92 Å². The standard InChI is InChI=1S/C18H32O2/c1-16-12-10-8-6-4-2-3-5-7-9-11-13-17(14-16)15-18(19)20/h14,16H,2-13,15H2,1H3,(H,19,20). The van der Waals surface area contributed by atoms with Crippen molar-refractivity contribution in [1.82, 2.24) is 0 Å². The molecule has 116 valence electrons. The van der Waals surface area contributed by atoms with Crippen LogP contribution in [0.3, 0.4) is 0 Å². The van der Waals surface area contributed by atoms with Crippen LogP contribution in [0.1, 0.15) is 90.4 Å². The van der Waals surface area contributed by atoms with Crippen LogP contribution in [0.5, 0.6) is 0 Å². The molecule has 1 rings (SSSR count). The van der Waals surface area contributed by atoms with E-state index in [2.05, 4.69) is 13.0 Å². The lowest BCUT2D eigenvalue weighted by Gasteiger charge is -2.10. The Balaban J connectivity index is 2.49. The Labute approximate surface area is 124 Å². The summed E-state index contributed by atoms with van der Waals surface area (Å²) < 4.78 is 0. The summed E-state index contributed by atoms with van der Waals surface area (Å²) in [6.45, 7) is 2.24. The SMILES string of the molecule is CC1C=C(CC(=O)O)CCCCCCCCCCCC1.